The van der Waals surface area contributed by atoms with E-state index in [1.165, 1.54) is 6.08 Å². The van der Waals surface area contributed by atoms with Crippen LogP contribution in [-0.4, -0.2) is 35.2 Å². The number of nitrogens with zero attached hydrogens (tertiary/aromatic N) is 2. The molecule has 4 rings (SSSR count). The highest BCUT2D eigenvalue weighted by atomic mass is 16.2. The van der Waals surface area contributed by atoms with E-state index in [0.717, 1.165) is 16.9 Å². The number of amides is 3. The van der Waals surface area contributed by atoms with Gasteiger partial charge in [-0.3, -0.25) is 14.4 Å². The van der Waals surface area contributed by atoms with Crippen molar-refractivity contribution in [2.45, 2.75) is 18.9 Å². The predicted molar refractivity (Wildman–Crippen MR) is 98.5 cm³/mol. The van der Waals surface area contributed by atoms with Crippen LogP contribution in [0.3, 0.4) is 0 Å². The largest absolute Gasteiger partial charge is 0.327 e. The Labute approximate surface area is 151 Å². The van der Waals surface area contributed by atoms with Crippen LogP contribution in [0.5, 0.6) is 0 Å². The molecule has 1 fully saturated rings. The van der Waals surface area contributed by atoms with Crippen LogP contribution < -0.4 is 4.90 Å². The number of carbonyl (C=O) groups is 3. The highest BCUT2D eigenvalue weighted by Crippen LogP contribution is 2.32. The first-order valence-corrected chi connectivity index (χ1v) is 8.68. The maximum Gasteiger partial charge on any atom is 0.257 e. The number of benzene rings is 2. The number of rotatable bonds is 2. The van der Waals surface area contributed by atoms with Crippen molar-refractivity contribution in [2.75, 3.05) is 11.4 Å². The average Bonchev–Trinajstić information content (AvgIpc) is 3.14. The van der Waals surface area contributed by atoms with Crippen LogP contribution in [0, 0.1) is 0 Å². The van der Waals surface area contributed by atoms with Gasteiger partial charge in [-0.25, -0.2) is 4.90 Å². The second kappa shape index (κ2) is 6.59. The zero-order valence-corrected chi connectivity index (χ0v) is 14.2. The molecule has 0 aliphatic carbocycles. The second-order valence-corrected chi connectivity index (χ2v) is 6.43. The molecule has 0 N–H and O–H groups in total. The SMILES string of the molecule is O=C(/C=C/c1ccccc1)N1C(=O)[C@@H]2CCCN2C(=O)c2ccccc21. The summed E-state index contributed by atoms with van der Waals surface area (Å²) >= 11 is 0. The summed E-state index contributed by atoms with van der Waals surface area (Å²) in [6.07, 6.45) is 4.42. The van der Waals surface area contributed by atoms with Crippen molar-refractivity contribution in [3.63, 3.8) is 0 Å². The molecule has 0 radical (unpaired) electrons. The summed E-state index contributed by atoms with van der Waals surface area (Å²) in [5.41, 5.74) is 1.63. The Hall–Kier alpha value is -3.21. The van der Waals surface area contributed by atoms with E-state index in [0.29, 0.717) is 24.2 Å². The van der Waals surface area contributed by atoms with Crippen LogP contribution in [0.1, 0.15) is 28.8 Å². The van der Waals surface area contributed by atoms with Gasteiger partial charge < -0.3 is 4.90 Å². The van der Waals surface area contributed by atoms with E-state index in [2.05, 4.69) is 0 Å². The van der Waals surface area contributed by atoms with Crippen molar-refractivity contribution >= 4 is 29.5 Å². The lowest BCUT2D eigenvalue weighted by Crippen LogP contribution is -2.46. The molecule has 2 heterocycles. The van der Waals surface area contributed by atoms with Gasteiger partial charge in [0.15, 0.2) is 0 Å². The molecule has 0 spiro atoms. The van der Waals surface area contributed by atoms with Crippen LogP contribution in [0.4, 0.5) is 5.69 Å². The van der Waals surface area contributed by atoms with Gasteiger partial charge in [-0.15, -0.1) is 0 Å². The summed E-state index contributed by atoms with van der Waals surface area (Å²) in [7, 11) is 0. The molecule has 0 saturated carbocycles. The Morgan fingerprint density at radius 2 is 1.73 bits per heavy atom. The lowest BCUT2D eigenvalue weighted by Gasteiger charge is -2.23. The van der Waals surface area contributed by atoms with Crippen molar-refractivity contribution in [3.05, 3.63) is 71.8 Å². The molecule has 3 amide bonds. The van der Waals surface area contributed by atoms with E-state index in [1.54, 1.807) is 35.2 Å². The Morgan fingerprint density at radius 3 is 2.54 bits per heavy atom. The molecule has 2 aliphatic rings. The van der Waals surface area contributed by atoms with Crippen molar-refractivity contribution in [1.82, 2.24) is 4.90 Å². The minimum Gasteiger partial charge on any atom is -0.327 e. The third-order valence-corrected chi connectivity index (χ3v) is 4.83. The van der Waals surface area contributed by atoms with Gasteiger partial charge in [0.1, 0.15) is 6.04 Å². The number of anilines is 1. The molecule has 26 heavy (non-hydrogen) atoms. The Balaban J connectivity index is 1.74. The van der Waals surface area contributed by atoms with Gasteiger partial charge in [0.2, 0.25) is 0 Å². The third kappa shape index (κ3) is 2.71. The zero-order chi connectivity index (χ0) is 18.1. The van der Waals surface area contributed by atoms with Crippen molar-refractivity contribution < 1.29 is 14.4 Å². The molecule has 2 aromatic carbocycles. The van der Waals surface area contributed by atoms with Crippen molar-refractivity contribution in [3.8, 4) is 0 Å². The van der Waals surface area contributed by atoms with Gasteiger partial charge in [0, 0.05) is 12.6 Å². The summed E-state index contributed by atoms with van der Waals surface area (Å²) in [6, 6.07) is 15.7. The Kier molecular flexibility index (Phi) is 4.13. The van der Waals surface area contributed by atoms with Gasteiger partial charge in [0.25, 0.3) is 17.7 Å². The highest BCUT2D eigenvalue weighted by molar-refractivity contribution is 6.25. The molecule has 2 aromatic rings. The average molecular weight is 346 g/mol. The molecule has 5 nitrogen and oxygen atoms in total. The Bertz CT molecular complexity index is 904. The molecule has 0 aromatic heterocycles. The summed E-state index contributed by atoms with van der Waals surface area (Å²) in [5, 5.41) is 0. The zero-order valence-electron chi connectivity index (χ0n) is 14.2. The van der Waals surface area contributed by atoms with E-state index < -0.39 is 11.9 Å². The van der Waals surface area contributed by atoms with Gasteiger partial charge in [-0.2, -0.15) is 0 Å². The molecule has 1 atom stereocenters. The summed E-state index contributed by atoms with van der Waals surface area (Å²) in [5.74, 6) is -0.949. The fraction of sp³-hybridized carbons (Fsp3) is 0.190. The van der Waals surface area contributed by atoms with Crippen LogP contribution >= 0.6 is 0 Å². The van der Waals surface area contributed by atoms with Crippen LogP contribution in [0.15, 0.2) is 60.7 Å². The van der Waals surface area contributed by atoms with Crippen molar-refractivity contribution in [2.24, 2.45) is 0 Å². The second-order valence-electron chi connectivity index (χ2n) is 6.43. The van der Waals surface area contributed by atoms with Crippen LogP contribution in [-0.2, 0) is 9.59 Å². The van der Waals surface area contributed by atoms with E-state index in [-0.39, 0.29) is 11.8 Å². The first-order valence-electron chi connectivity index (χ1n) is 8.68. The molecule has 0 bridgehead atoms. The molecule has 130 valence electrons. The number of carbonyl (C=O) groups excluding carboxylic acids is 3. The fourth-order valence-electron chi connectivity index (χ4n) is 3.57. The monoisotopic (exact) mass is 346 g/mol. The highest BCUT2D eigenvalue weighted by Gasteiger charge is 2.43. The van der Waals surface area contributed by atoms with E-state index in [1.807, 2.05) is 30.3 Å². The molecular formula is C21H18N2O3. The number of hydrogen-bond donors (Lipinski definition) is 0. The molecular weight excluding hydrogens is 328 g/mol. The number of hydrogen-bond acceptors (Lipinski definition) is 3. The van der Waals surface area contributed by atoms with Crippen LogP contribution in [0.25, 0.3) is 6.08 Å². The van der Waals surface area contributed by atoms with Gasteiger partial charge in [0.05, 0.1) is 11.3 Å². The molecule has 0 unspecified atom stereocenters. The first-order chi connectivity index (χ1) is 12.7. The molecule has 2 aliphatic heterocycles. The maximum atomic E-state index is 13.1. The smallest absolute Gasteiger partial charge is 0.257 e. The number of para-hydroxylation sites is 1. The first kappa shape index (κ1) is 16.3. The van der Waals surface area contributed by atoms with Crippen LogP contribution in [0.2, 0.25) is 0 Å². The van der Waals surface area contributed by atoms with Crippen molar-refractivity contribution in [1.29, 1.82) is 0 Å². The maximum absolute atomic E-state index is 13.1. The lowest BCUT2D eigenvalue weighted by molar-refractivity contribution is -0.126. The van der Waals surface area contributed by atoms with E-state index >= 15 is 0 Å². The van der Waals surface area contributed by atoms with E-state index in [4.69, 9.17) is 0 Å². The normalized spacial score (nSPS) is 19.5. The van der Waals surface area contributed by atoms with Gasteiger partial charge >= 0.3 is 0 Å². The minimum absolute atomic E-state index is 0.182. The van der Waals surface area contributed by atoms with Gasteiger partial charge in [-0.05, 0) is 36.6 Å². The van der Waals surface area contributed by atoms with Gasteiger partial charge in [-0.1, -0.05) is 42.5 Å². The molecule has 5 heteroatoms. The summed E-state index contributed by atoms with van der Waals surface area (Å²) < 4.78 is 0. The fourth-order valence-corrected chi connectivity index (χ4v) is 3.57. The topological polar surface area (TPSA) is 57.7 Å². The summed E-state index contributed by atoms with van der Waals surface area (Å²) in [6.45, 7) is 0.547. The summed E-state index contributed by atoms with van der Waals surface area (Å²) in [4.78, 5) is 41.5. The quantitative estimate of drug-likeness (QED) is 0.786. The third-order valence-electron chi connectivity index (χ3n) is 4.83. The standard InChI is InChI=1S/C21H18N2O3/c24-19(13-12-15-7-2-1-3-8-15)23-17-10-5-4-9-16(17)20(25)22-14-6-11-18(22)21(23)26/h1-5,7-10,12-13,18H,6,11,14H2/b13-12+/t18-/m0/s1. The van der Waals surface area contributed by atoms with E-state index in [9.17, 15) is 14.4 Å². The number of imide groups is 1. The predicted octanol–water partition coefficient (Wildman–Crippen LogP) is 2.88. The molecule has 1 saturated heterocycles. The minimum atomic E-state index is -0.566. The number of fused-ring (bicyclic) bond motifs is 2. The lowest BCUT2D eigenvalue weighted by atomic mass is 10.1. The Morgan fingerprint density at radius 1 is 1.00 bits per heavy atom.